The minimum Gasteiger partial charge on any atom is -0.402 e. The molecule has 2 aromatic carbocycles. The Morgan fingerprint density at radius 1 is 0.902 bits per heavy atom. The zero-order chi connectivity index (χ0) is 27.3. The third-order valence-electron chi connectivity index (χ3n) is 8.46. The number of carbonyl (C=O) groups excluding carboxylic acids is 1. The molecule has 9 heteroatoms. The van der Waals surface area contributed by atoms with Gasteiger partial charge < -0.3 is 19.4 Å². The number of anilines is 2. The lowest BCUT2D eigenvalue weighted by atomic mass is 9.96. The van der Waals surface area contributed by atoms with Crippen molar-refractivity contribution in [1.82, 2.24) is 15.2 Å². The Morgan fingerprint density at radius 2 is 1.68 bits per heavy atom. The number of hydrogen-bond donors (Lipinski definition) is 1. The van der Waals surface area contributed by atoms with Crippen LogP contribution in [0.25, 0.3) is 11.6 Å². The van der Waals surface area contributed by atoms with Gasteiger partial charge in [-0.1, -0.05) is 59.7 Å². The molecule has 4 aliphatic rings. The first kappa shape index (κ1) is 24.4. The van der Waals surface area contributed by atoms with Crippen LogP contribution < -0.4 is 10.2 Å². The number of ether oxygens (including phenoxy) is 1. The van der Waals surface area contributed by atoms with Crippen molar-refractivity contribution in [3.8, 4) is 11.6 Å². The molecule has 41 heavy (non-hydrogen) atoms. The number of nitrogens with one attached hydrogen (secondary N) is 1. The van der Waals surface area contributed by atoms with Crippen LogP contribution in [-0.2, 0) is 16.0 Å². The lowest BCUT2D eigenvalue weighted by molar-refractivity contribution is -0.119. The normalized spacial score (nSPS) is 23.6. The number of fused-ring (bicyclic) bond motifs is 3. The Bertz CT molecular complexity index is 1630. The topological polar surface area (TPSA) is 106 Å². The summed E-state index contributed by atoms with van der Waals surface area (Å²) in [6.45, 7) is 1.65. The van der Waals surface area contributed by atoms with Crippen LogP contribution in [0.15, 0.2) is 76.3 Å². The van der Waals surface area contributed by atoms with Crippen LogP contribution in [-0.4, -0.2) is 58.1 Å². The molecule has 0 radical (unpaired) electrons. The SMILES string of the molecule is O=C1Cc2ccccc2C(c2ccccc2)=N[C@@H]1Nc1nnc(-c2ncc(C3CC3)cc2N2CC3CCC(C2)O3)o1. The van der Waals surface area contributed by atoms with Crippen LogP contribution in [0.4, 0.5) is 11.7 Å². The number of morpholine rings is 1. The fraction of sp³-hybridized carbons (Fsp3) is 0.344. The summed E-state index contributed by atoms with van der Waals surface area (Å²) in [5, 5.41) is 11.7. The van der Waals surface area contributed by atoms with E-state index < -0.39 is 6.17 Å². The van der Waals surface area contributed by atoms with Gasteiger partial charge in [-0.25, -0.2) is 4.98 Å². The van der Waals surface area contributed by atoms with Gasteiger partial charge in [0, 0.05) is 36.8 Å². The van der Waals surface area contributed by atoms with Crippen molar-refractivity contribution in [2.75, 3.05) is 23.3 Å². The van der Waals surface area contributed by atoms with E-state index in [1.807, 2.05) is 60.8 Å². The van der Waals surface area contributed by atoms with Crippen molar-refractivity contribution >= 4 is 23.2 Å². The third-order valence-corrected chi connectivity index (χ3v) is 8.46. The first-order valence-electron chi connectivity index (χ1n) is 14.4. The van der Waals surface area contributed by atoms with E-state index in [9.17, 15) is 4.79 Å². The summed E-state index contributed by atoms with van der Waals surface area (Å²) < 4.78 is 12.2. The maximum atomic E-state index is 13.4. The number of aliphatic imine (C=N–C) groups is 1. The third kappa shape index (κ3) is 4.70. The molecule has 0 amide bonds. The predicted octanol–water partition coefficient (Wildman–Crippen LogP) is 4.78. The first-order chi connectivity index (χ1) is 20.2. The van der Waals surface area contributed by atoms with Gasteiger partial charge in [-0.05, 0) is 48.8 Å². The van der Waals surface area contributed by atoms with Gasteiger partial charge in [-0.2, -0.15) is 0 Å². The zero-order valence-corrected chi connectivity index (χ0v) is 22.6. The molecule has 3 atom stereocenters. The summed E-state index contributed by atoms with van der Waals surface area (Å²) in [5.74, 6) is 0.829. The van der Waals surface area contributed by atoms with E-state index in [2.05, 4.69) is 26.5 Å². The molecule has 8 rings (SSSR count). The van der Waals surface area contributed by atoms with Gasteiger partial charge in [0.2, 0.25) is 0 Å². The number of Topliss-reactive ketones (excluding diaryl/α,β-unsaturated/α-hetero) is 1. The lowest BCUT2D eigenvalue weighted by Crippen LogP contribution is -2.43. The van der Waals surface area contributed by atoms with Gasteiger partial charge in [0.25, 0.3) is 5.89 Å². The molecule has 2 aromatic heterocycles. The van der Waals surface area contributed by atoms with Crippen LogP contribution in [0.1, 0.15) is 53.9 Å². The van der Waals surface area contributed by atoms with Crippen molar-refractivity contribution in [2.24, 2.45) is 4.99 Å². The molecular formula is C32H30N6O3. The van der Waals surface area contributed by atoms with E-state index in [-0.39, 0.29) is 30.4 Å². The molecule has 5 heterocycles. The van der Waals surface area contributed by atoms with Crippen molar-refractivity contribution < 1.29 is 13.9 Å². The molecule has 3 aliphatic heterocycles. The molecule has 3 fully saturated rings. The maximum absolute atomic E-state index is 13.4. The molecule has 206 valence electrons. The van der Waals surface area contributed by atoms with Gasteiger partial charge in [-0.15, -0.1) is 5.10 Å². The highest BCUT2D eigenvalue weighted by Crippen LogP contribution is 2.43. The van der Waals surface area contributed by atoms with Crippen LogP contribution in [0.2, 0.25) is 0 Å². The number of hydrogen-bond acceptors (Lipinski definition) is 9. The van der Waals surface area contributed by atoms with Crippen molar-refractivity contribution in [3.05, 3.63) is 89.1 Å². The average molecular weight is 547 g/mol. The highest BCUT2D eigenvalue weighted by molar-refractivity contribution is 6.16. The largest absolute Gasteiger partial charge is 0.402 e. The average Bonchev–Trinajstić information content (AvgIpc) is 3.70. The van der Waals surface area contributed by atoms with E-state index >= 15 is 0 Å². The first-order valence-corrected chi connectivity index (χ1v) is 14.4. The van der Waals surface area contributed by atoms with E-state index in [1.54, 1.807) is 0 Å². The standard InChI is InChI=1S/C32H30N6O3/c39-27-15-21-8-4-5-9-25(21)28(20-6-2-1-3-7-20)34-30(27)35-32-37-36-31(41-32)29-26(14-22(16-33-29)19-10-11-19)38-17-23-12-13-24(18-38)40-23/h1-9,14,16,19,23-24,30H,10-13,15,17-18H2,(H,35,37)/t23?,24?,30-/m1/s1. The smallest absolute Gasteiger partial charge is 0.317 e. The molecule has 4 aromatic rings. The molecule has 2 saturated heterocycles. The fourth-order valence-electron chi connectivity index (χ4n) is 6.22. The minimum atomic E-state index is -0.870. The van der Waals surface area contributed by atoms with Crippen LogP contribution in [0.3, 0.4) is 0 Å². The monoisotopic (exact) mass is 546 g/mol. The molecule has 1 saturated carbocycles. The van der Waals surface area contributed by atoms with E-state index in [4.69, 9.17) is 19.1 Å². The Morgan fingerprint density at radius 3 is 2.49 bits per heavy atom. The number of rotatable bonds is 6. The Kier molecular flexibility index (Phi) is 5.91. The molecule has 2 unspecified atom stereocenters. The molecule has 0 spiro atoms. The lowest BCUT2D eigenvalue weighted by Gasteiger charge is -2.34. The summed E-state index contributed by atoms with van der Waals surface area (Å²) >= 11 is 0. The summed E-state index contributed by atoms with van der Waals surface area (Å²) in [7, 11) is 0. The molecular weight excluding hydrogens is 516 g/mol. The van der Waals surface area contributed by atoms with Gasteiger partial charge >= 0.3 is 6.01 Å². The number of ketones is 1. The number of benzene rings is 2. The number of nitrogens with zero attached hydrogens (tertiary/aromatic N) is 5. The fourth-order valence-corrected chi connectivity index (χ4v) is 6.22. The highest BCUT2D eigenvalue weighted by atomic mass is 16.5. The number of pyridine rings is 1. The van der Waals surface area contributed by atoms with Crippen LogP contribution in [0.5, 0.6) is 0 Å². The van der Waals surface area contributed by atoms with Gasteiger partial charge in [0.1, 0.15) is 0 Å². The van der Waals surface area contributed by atoms with Crippen molar-refractivity contribution in [1.29, 1.82) is 0 Å². The van der Waals surface area contributed by atoms with Gasteiger partial charge in [0.15, 0.2) is 17.6 Å². The van der Waals surface area contributed by atoms with E-state index in [0.29, 0.717) is 17.5 Å². The van der Waals surface area contributed by atoms with Crippen LogP contribution in [0, 0.1) is 0 Å². The maximum Gasteiger partial charge on any atom is 0.317 e. The van der Waals surface area contributed by atoms with Crippen molar-refractivity contribution in [3.63, 3.8) is 0 Å². The minimum absolute atomic E-state index is 0.0699. The second-order valence-electron chi connectivity index (χ2n) is 11.4. The molecule has 2 bridgehead atoms. The van der Waals surface area contributed by atoms with E-state index in [0.717, 1.165) is 54.0 Å². The molecule has 1 aliphatic carbocycles. The summed E-state index contributed by atoms with van der Waals surface area (Å²) in [5.41, 5.74) is 6.51. The molecule has 1 N–H and O–H groups in total. The number of carbonyl (C=O) groups is 1. The van der Waals surface area contributed by atoms with Gasteiger partial charge in [0.05, 0.1) is 23.6 Å². The Balaban J connectivity index is 1.12. The quantitative estimate of drug-likeness (QED) is 0.369. The second-order valence-corrected chi connectivity index (χ2v) is 11.4. The van der Waals surface area contributed by atoms with Gasteiger partial charge in [-0.3, -0.25) is 9.79 Å². The Hall–Kier alpha value is -4.37. The second kappa shape index (κ2) is 9.92. The highest BCUT2D eigenvalue weighted by Gasteiger charge is 2.36. The summed E-state index contributed by atoms with van der Waals surface area (Å²) in [6.07, 6.45) is 6.39. The van der Waals surface area contributed by atoms with Crippen LogP contribution >= 0.6 is 0 Å². The predicted molar refractivity (Wildman–Crippen MR) is 154 cm³/mol. The van der Waals surface area contributed by atoms with E-state index in [1.165, 1.54) is 18.4 Å². The molecule has 9 nitrogen and oxygen atoms in total. The number of aromatic nitrogens is 3. The summed E-state index contributed by atoms with van der Waals surface area (Å²) in [4.78, 5) is 25.5. The summed E-state index contributed by atoms with van der Waals surface area (Å²) in [6, 6.07) is 20.2. The van der Waals surface area contributed by atoms with Crippen molar-refractivity contribution in [2.45, 2.75) is 56.4 Å². The Labute approximate surface area is 237 Å². The zero-order valence-electron chi connectivity index (χ0n) is 22.6.